The third-order valence-electron chi connectivity index (χ3n) is 4.60. The van der Waals surface area contributed by atoms with E-state index in [-0.39, 0.29) is 5.78 Å². The van der Waals surface area contributed by atoms with Gasteiger partial charge in [0.05, 0.1) is 22.8 Å². The Bertz CT molecular complexity index is 1130. The van der Waals surface area contributed by atoms with Crippen molar-refractivity contribution in [1.29, 1.82) is 0 Å². The molecule has 3 aromatic carbocycles. The molecule has 4 heteroatoms. The lowest BCUT2D eigenvalue weighted by atomic mass is 9.92. The van der Waals surface area contributed by atoms with Gasteiger partial charge in [-0.15, -0.1) is 0 Å². The van der Waals surface area contributed by atoms with E-state index in [2.05, 4.69) is 6.07 Å². The number of carbonyl (C=O) groups excluding carboxylic acids is 1. The summed E-state index contributed by atoms with van der Waals surface area (Å²) in [7, 11) is 0. The van der Waals surface area contributed by atoms with Gasteiger partial charge in [-0.1, -0.05) is 48.5 Å². The van der Waals surface area contributed by atoms with Gasteiger partial charge in [0.15, 0.2) is 5.78 Å². The predicted molar refractivity (Wildman–Crippen MR) is 107 cm³/mol. The fraction of sp³-hybridized carbons (Fsp3) is 0.0909. The second-order valence-electron chi connectivity index (χ2n) is 6.48. The van der Waals surface area contributed by atoms with Crippen LogP contribution in [-0.4, -0.2) is 16.8 Å². The molecule has 1 atom stereocenters. The number of nitrogens with zero attached hydrogens (tertiary/aromatic N) is 1. The van der Waals surface area contributed by atoms with Gasteiger partial charge in [-0.25, -0.2) is 4.98 Å². The van der Waals surface area contributed by atoms with Crippen LogP contribution in [0.1, 0.15) is 17.3 Å². The van der Waals surface area contributed by atoms with Crippen molar-refractivity contribution in [1.82, 2.24) is 4.98 Å². The third-order valence-corrected chi connectivity index (χ3v) is 4.60. The van der Waals surface area contributed by atoms with Gasteiger partial charge >= 0.3 is 0 Å². The second kappa shape index (κ2) is 6.24. The molecular formula is C22H19N3O. The Kier molecular flexibility index (Phi) is 3.90. The van der Waals surface area contributed by atoms with E-state index in [4.69, 9.17) is 16.5 Å². The zero-order valence-corrected chi connectivity index (χ0v) is 14.4. The molecular weight excluding hydrogens is 322 g/mol. The van der Waals surface area contributed by atoms with E-state index in [1.807, 2.05) is 54.6 Å². The zero-order chi connectivity index (χ0) is 18.3. The summed E-state index contributed by atoms with van der Waals surface area (Å²) in [6.07, 6.45) is 0. The molecule has 0 aliphatic rings. The molecule has 1 unspecified atom stereocenters. The lowest BCUT2D eigenvalue weighted by Crippen LogP contribution is -2.27. The lowest BCUT2D eigenvalue weighted by Gasteiger charge is -2.16. The number of ketones is 1. The van der Waals surface area contributed by atoms with Gasteiger partial charge in [0.2, 0.25) is 0 Å². The Morgan fingerprint density at radius 2 is 1.65 bits per heavy atom. The van der Waals surface area contributed by atoms with Crippen LogP contribution >= 0.6 is 0 Å². The van der Waals surface area contributed by atoms with Crippen LogP contribution in [0.5, 0.6) is 0 Å². The molecule has 0 saturated heterocycles. The maximum absolute atomic E-state index is 12.6. The molecule has 4 nitrogen and oxygen atoms in total. The largest absolute Gasteiger partial charge is 0.398 e. The standard InChI is InChI=1S/C22H19N3O/c1-13(23)22(26)17-12-19-16(11-15-9-5-6-10-18(15)25-19)20(21(17)24)14-7-3-2-4-8-14/h2-13H,23-24H2,1H3. The first kappa shape index (κ1) is 16.2. The summed E-state index contributed by atoms with van der Waals surface area (Å²) in [4.78, 5) is 17.4. The van der Waals surface area contributed by atoms with E-state index >= 15 is 0 Å². The number of rotatable bonds is 3. The Balaban J connectivity index is 2.14. The van der Waals surface area contributed by atoms with Crippen molar-refractivity contribution in [2.75, 3.05) is 5.73 Å². The fourth-order valence-electron chi connectivity index (χ4n) is 3.30. The SMILES string of the molecule is CC(N)C(=O)c1cc2nc3ccccc3cc2c(-c2ccccc2)c1N. The number of nitrogen functional groups attached to an aromatic ring is 1. The molecule has 0 spiro atoms. The van der Waals surface area contributed by atoms with Crippen LogP contribution < -0.4 is 11.5 Å². The lowest BCUT2D eigenvalue weighted by molar-refractivity contribution is 0.0969. The molecule has 0 aliphatic heterocycles. The van der Waals surface area contributed by atoms with Crippen LogP contribution in [0.15, 0.2) is 66.7 Å². The molecule has 4 N–H and O–H groups in total. The fourth-order valence-corrected chi connectivity index (χ4v) is 3.30. The molecule has 4 rings (SSSR count). The third kappa shape index (κ3) is 2.61. The van der Waals surface area contributed by atoms with Crippen LogP contribution in [0.25, 0.3) is 32.9 Å². The van der Waals surface area contributed by atoms with Crippen LogP contribution in [0.2, 0.25) is 0 Å². The Labute approximate surface area is 151 Å². The number of nitrogens with two attached hydrogens (primary N) is 2. The van der Waals surface area contributed by atoms with E-state index in [0.717, 1.165) is 32.9 Å². The summed E-state index contributed by atoms with van der Waals surface area (Å²) in [6.45, 7) is 1.67. The number of pyridine rings is 1. The molecule has 1 heterocycles. The zero-order valence-electron chi connectivity index (χ0n) is 14.4. The number of para-hydroxylation sites is 1. The highest BCUT2D eigenvalue weighted by Crippen LogP contribution is 2.37. The van der Waals surface area contributed by atoms with E-state index in [9.17, 15) is 4.79 Å². The number of Topliss-reactive ketones (excluding diaryl/α,β-unsaturated/α-hetero) is 1. The van der Waals surface area contributed by atoms with Crippen molar-refractivity contribution in [2.24, 2.45) is 5.73 Å². The molecule has 0 aliphatic carbocycles. The highest BCUT2D eigenvalue weighted by molar-refractivity contribution is 6.14. The maximum Gasteiger partial charge on any atom is 0.181 e. The smallest absolute Gasteiger partial charge is 0.181 e. The average molecular weight is 341 g/mol. The van der Waals surface area contributed by atoms with Crippen molar-refractivity contribution in [3.8, 4) is 11.1 Å². The predicted octanol–water partition coefficient (Wildman–Crippen LogP) is 4.17. The van der Waals surface area contributed by atoms with Gasteiger partial charge in [-0.3, -0.25) is 4.79 Å². The second-order valence-corrected chi connectivity index (χ2v) is 6.48. The van der Waals surface area contributed by atoms with Crippen LogP contribution in [0, 0.1) is 0 Å². The Morgan fingerprint density at radius 1 is 0.962 bits per heavy atom. The van der Waals surface area contributed by atoms with E-state index < -0.39 is 6.04 Å². The van der Waals surface area contributed by atoms with E-state index in [1.54, 1.807) is 13.0 Å². The van der Waals surface area contributed by atoms with Gasteiger partial charge in [0.25, 0.3) is 0 Å². The van der Waals surface area contributed by atoms with Crippen LogP contribution in [0.4, 0.5) is 5.69 Å². The first-order valence-electron chi connectivity index (χ1n) is 8.53. The molecule has 0 saturated carbocycles. The summed E-state index contributed by atoms with van der Waals surface area (Å²) < 4.78 is 0. The highest BCUT2D eigenvalue weighted by Gasteiger charge is 2.20. The normalized spacial score (nSPS) is 12.4. The van der Waals surface area contributed by atoms with Crippen LogP contribution in [-0.2, 0) is 0 Å². The molecule has 0 fully saturated rings. The quantitative estimate of drug-likeness (QED) is 0.333. The molecule has 1 aromatic heterocycles. The van der Waals surface area contributed by atoms with Gasteiger partial charge in [0.1, 0.15) is 0 Å². The number of benzene rings is 3. The Morgan fingerprint density at radius 3 is 2.38 bits per heavy atom. The number of anilines is 1. The first-order chi connectivity index (χ1) is 12.6. The van der Waals surface area contributed by atoms with Gasteiger partial charge in [0, 0.05) is 21.9 Å². The number of aromatic nitrogens is 1. The minimum Gasteiger partial charge on any atom is -0.398 e. The number of carbonyl (C=O) groups is 1. The minimum atomic E-state index is -0.626. The summed E-state index contributed by atoms with van der Waals surface area (Å²) in [5, 5.41) is 1.96. The summed E-state index contributed by atoms with van der Waals surface area (Å²) in [6, 6.07) is 21.0. The molecule has 128 valence electrons. The maximum atomic E-state index is 12.6. The van der Waals surface area contributed by atoms with Gasteiger partial charge in [-0.2, -0.15) is 0 Å². The van der Waals surface area contributed by atoms with Crippen molar-refractivity contribution in [3.63, 3.8) is 0 Å². The molecule has 0 bridgehead atoms. The minimum absolute atomic E-state index is 0.184. The molecule has 4 aromatic rings. The summed E-state index contributed by atoms with van der Waals surface area (Å²) in [5.41, 5.74) is 16.6. The summed E-state index contributed by atoms with van der Waals surface area (Å²) >= 11 is 0. The average Bonchev–Trinajstić information content (AvgIpc) is 2.66. The first-order valence-corrected chi connectivity index (χ1v) is 8.53. The van der Waals surface area contributed by atoms with E-state index in [1.165, 1.54) is 0 Å². The highest BCUT2D eigenvalue weighted by atomic mass is 16.1. The van der Waals surface area contributed by atoms with Gasteiger partial charge in [-0.05, 0) is 30.7 Å². The van der Waals surface area contributed by atoms with Crippen molar-refractivity contribution >= 4 is 33.3 Å². The molecule has 0 radical (unpaired) electrons. The summed E-state index contributed by atoms with van der Waals surface area (Å²) in [5.74, 6) is -0.184. The van der Waals surface area contributed by atoms with Crippen molar-refractivity contribution in [2.45, 2.75) is 13.0 Å². The van der Waals surface area contributed by atoms with Gasteiger partial charge < -0.3 is 11.5 Å². The molecule has 0 amide bonds. The number of hydrogen-bond donors (Lipinski definition) is 2. The topological polar surface area (TPSA) is 82.0 Å². The number of hydrogen-bond acceptors (Lipinski definition) is 4. The monoisotopic (exact) mass is 341 g/mol. The van der Waals surface area contributed by atoms with Crippen LogP contribution in [0.3, 0.4) is 0 Å². The number of fused-ring (bicyclic) bond motifs is 2. The Hall–Kier alpha value is -3.24. The van der Waals surface area contributed by atoms with E-state index in [0.29, 0.717) is 11.3 Å². The van der Waals surface area contributed by atoms with Crippen molar-refractivity contribution in [3.05, 3.63) is 72.3 Å². The van der Waals surface area contributed by atoms with Crippen molar-refractivity contribution < 1.29 is 4.79 Å². The molecule has 26 heavy (non-hydrogen) atoms.